The van der Waals surface area contributed by atoms with Crippen LogP contribution >= 0.6 is 0 Å². The van der Waals surface area contributed by atoms with Gasteiger partial charge in [0.1, 0.15) is 5.58 Å². The number of rotatable bonds is 3. The normalized spacial score (nSPS) is 11.5. The van der Waals surface area contributed by atoms with Gasteiger partial charge in [-0.1, -0.05) is 62.4 Å². The van der Waals surface area contributed by atoms with Crippen molar-refractivity contribution in [3.63, 3.8) is 0 Å². The maximum absolute atomic E-state index is 6.38. The fourth-order valence-electron chi connectivity index (χ4n) is 3.34. The summed E-state index contributed by atoms with van der Waals surface area (Å²) in [6.45, 7) is 4.41. The van der Waals surface area contributed by atoms with Crippen LogP contribution in [0.4, 0.5) is 11.4 Å². The van der Waals surface area contributed by atoms with Crippen molar-refractivity contribution >= 4 is 41.3 Å². The molecular weight excluding hydrogens is 293 g/mol. The van der Waals surface area contributed by atoms with E-state index < -0.39 is 0 Å². The third-order valence-corrected chi connectivity index (χ3v) is 4.66. The quantitative estimate of drug-likeness (QED) is 0.471. The van der Waals surface area contributed by atoms with Gasteiger partial charge in [0.05, 0.1) is 5.69 Å². The highest BCUT2D eigenvalue weighted by Crippen LogP contribution is 2.39. The lowest BCUT2D eigenvalue weighted by Gasteiger charge is -2.20. The standard InChI is InChI=1S/C21H20BNO/c1-14(2)16-10-6-11-17-18-12-7-13-19(21(18)24-20(16)17)23(22)15-8-4-3-5-9-15/h3-14H,22H2,1-2H3. The molecule has 0 aliphatic rings. The molecule has 1 heterocycles. The van der Waals surface area contributed by atoms with Gasteiger partial charge in [0.15, 0.2) is 5.58 Å². The van der Waals surface area contributed by atoms with Gasteiger partial charge in [-0.05, 0) is 29.7 Å². The van der Waals surface area contributed by atoms with Crippen LogP contribution in [-0.4, -0.2) is 7.98 Å². The number of hydrogen-bond donors (Lipinski definition) is 0. The molecule has 0 atom stereocenters. The molecule has 3 heteroatoms. The van der Waals surface area contributed by atoms with E-state index in [0.29, 0.717) is 5.92 Å². The molecule has 0 amide bonds. The first-order valence-electron chi connectivity index (χ1n) is 8.39. The van der Waals surface area contributed by atoms with Crippen LogP contribution < -0.4 is 4.81 Å². The van der Waals surface area contributed by atoms with Gasteiger partial charge in [0.2, 0.25) is 7.98 Å². The minimum atomic E-state index is 0.435. The SMILES string of the molecule is BN(c1ccccc1)c1cccc2c1oc1c(C(C)C)cccc12. The number of para-hydroxylation sites is 3. The van der Waals surface area contributed by atoms with Crippen LogP contribution in [0.15, 0.2) is 71.1 Å². The molecule has 4 rings (SSSR count). The first kappa shape index (κ1) is 14.9. The Hall–Kier alpha value is -2.68. The number of benzene rings is 3. The van der Waals surface area contributed by atoms with Gasteiger partial charge in [0, 0.05) is 16.5 Å². The summed E-state index contributed by atoms with van der Waals surface area (Å²) in [7, 11) is 2.08. The number of nitrogens with zero attached hydrogens (tertiary/aromatic N) is 1. The number of anilines is 2. The highest BCUT2D eigenvalue weighted by molar-refractivity contribution is 6.25. The number of furan rings is 1. The minimum Gasteiger partial charge on any atom is -0.454 e. The molecule has 0 aliphatic heterocycles. The van der Waals surface area contributed by atoms with Crippen LogP contribution in [0.25, 0.3) is 21.9 Å². The Morgan fingerprint density at radius 2 is 1.46 bits per heavy atom. The molecular formula is C21H20BNO. The molecule has 0 unspecified atom stereocenters. The fraction of sp³-hybridized carbons (Fsp3) is 0.143. The maximum Gasteiger partial charge on any atom is 0.223 e. The molecule has 0 spiro atoms. The summed E-state index contributed by atoms with van der Waals surface area (Å²) < 4.78 is 6.38. The summed E-state index contributed by atoms with van der Waals surface area (Å²) in [4.78, 5) is 2.18. The molecule has 4 aromatic rings. The first-order valence-corrected chi connectivity index (χ1v) is 8.39. The molecule has 0 N–H and O–H groups in total. The van der Waals surface area contributed by atoms with Crippen molar-refractivity contribution in [2.24, 2.45) is 0 Å². The summed E-state index contributed by atoms with van der Waals surface area (Å²) in [6, 6.07) is 23.2. The van der Waals surface area contributed by atoms with Crippen LogP contribution in [0, 0.1) is 0 Å². The van der Waals surface area contributed by atoms with Crippen molar-refractivity contribution in [3.8, 4) is 0 Å². The second-order valence-electron chi connectivity index (χ2n) is 6.53. The molecule has 1 aromatic heterocycles. The zero-order valence-corrected chi connectivity index (χ0v) is 14.3. The van der Waals surface area contributed by atoms with Gasteiger partial charge < -0.3 is 9.23 Å². The van der Waals surface area contributed by atoms with E-state index in [9.17, 15) is 0 Å². The number of hydrogen-bond acceptors (Lipinski definition) is 2. The van der Waals surface area contributed by atoms with Crippen LogP contribution in [0.1, 0.15) is 25.3 Å². The van der Waals surface area contributed by atoms with Gasteiger partial charge >= 0.3 is 0 Å². The molecule has 24 heavy (non-hydrogen) atoms. The summed E-state index contributed by atoms with van der Waals surface area (Å²) in [5, 5.41) is 2.37. The first-order chi connectivity index (χ1) is 11.7. The molecule has 0 fully saturated rings. The Morgan fingerprint density at radius 3 is 2.17 bits per heavy atom. The second kappa shape index (κ2) is 5.75. The van der Waals surface area contributed by atoms with Crippen LogP contribution in [0.3, 0.4) is 0 Å². The number of fused-ring (bicyclic) bond motifs is 3. The van der Waals surface area contributed by atoms with Crippen molar-refractivity contribution in [1.29, 1.82) is 0 Å². The minimum absolute atomic E-state index is 0.435. The van der Waals surface area contributed by atoms with E-state index in [1.165, 1.54) is 16.3 Å². The van der Waals surface area contributed by atoms with Gasteiger partial charge in [-0.25, -0.2) is 0 Å². The topological polar surface area (TPSA) is 16.4 Å². The van der Waals surface area contributed by atoms with E-state index in [0.717, 1.165) is 22.5 Å². The van der Waals surface area contributed by atoms with Gasteiger partial charge in [-0.15, -0.1) is 0 Å². The molecule has 2 nitrogen and oxygen atoms in total. The molecule has 0 saturated carbocycles. The molecule has 0 aliphatic carbocycles. The Kier molecular flexibility index (Phi) is 3.57. The molecule has 0 radical (unpaired) electrons. The zero-order valence-electron chi connectivity index (χ0n) is 14.3. The van der Waals surface area contributed by atoms with E-state index in [4.69, 9.17) is 4.42 Å². The summed E-state index contributed by atoms with van der Waals surface area (Å²) >= 11 is 0. The van der Waals surface area contributed by atoms with Crippen LogP contribution in [0.5, 0.6) is 0 Å². The van der Waals surface area contributed by atoms with Crippen molar-refractivity contribution in [1.82, 2.24) is 0 Å². The predicted octanol–water partition coefficient (Wildman–Crippen LogP) is 5.40. The van der Waals surface area contributed by atoms with Crippen molar-refractivity contribution in [2.75, 3.05) is 4.81 Å². The third-order valence-electron chi connectivity index (χ3n) is 4.66. The van der Waals surface area contributed by atoms with Gasteiger partial charge in [-0.3, -0.25) is 0 Å². The average molecular weight is 313 g/mol. The maximum atomic E-state index is 6.38. The van der Waals surface area contributed by atoms with Gasteiger partial charge in [-0.2, -0.15) is 0 Å². The Bertz CT molecular complexity index is 1000. The molecule has 0 saturated heterocycles. The third kappa shape index (κ3) is 2.28. The summed E-state index contributed by atoms with van der Waals surface area (Å²) in [5.74, 6) is 0.435. The predicted molar refractivity (Wildman–Crippen MR) is 105 cm³/mol. The zero-order chi connectivity index (χ0) is 16.7. The molecule has 0 bridgehead atoms. The van der Waals surface area contributed by atoms with Gasteiger partial charge in [0.25, 0.3) is 0 Å². The van der Waals surface area contributed by atoms with Crippen LogP contribution in [-0.2, 0) is 0 Å². The summed E-state index contributed by atoms with van der Waals surface area (Å²) in [5.41, 5.74) is 5.46. The van der Waals surface area contributed by atoms with Crippen molar-refractivity contribution < 1.29 is 4.42 Å². The van der Waals surface area contributed by atoms with E-state index in [2.05, 4.69) is 87.3 Å². The second-order valence-corrected chi connectivity index (χ2v) is 6.53. The lowest BCUT2D eigenvalue weighted by atomic mass is 10.00. The fourth-order valence-corrected chi connectivity index (χ4v) is 3.34. The monoisotopic (exact) mass is 313 g/mol. The largest absolute Gasteiger partial charge is 0.454 e. The van der Waals surface area contributed by atoms with E-state index >= 15 is 0 Å². The highest BCUT2D eigenvalue weighted by Gasteiger charge is 2.16. The smallest absolute Gasteiger partial charge is 0.223 e. The summed E-state index contributed by atoms with van der Waals surface area (Å²) in [6.07, 6.45) is 0. The van der Waals surface area contributed by atoms with E-state index in [-0.39, 0.29) is 0 Å². The Balaban J connectivity index is 1.98. The van der Waals surface area contributed by atoms with E-state index in [1.807, 2.05) is 6.07 Å². The lowest BCUT2D eigenvalue weighted by Crippen LogP contribution is -2.11. The van der Waals surface area contributed by atoms with Crippen LogP contribution in [0.2, 0.25) is 0 Å². The lowest BCUT2D eigenvalue weighted by molar-refractivity contribution is 0.657. The molecule has 3 aromatic carbocycles. The highest BCUT2D eigenvalue weighted by atomic mass is 16.3. The average Bonchev–Trinajstić information content (AvgIpc) is 3.00. The van der Waals surface area contributed by atoms with Crippen molar-refractivity contribution in [3.05, 3.63) is 72.3 Å². The Morgan fingerprint density at radius 1 is 0.792 bits per heavy atom. The van der Waals surface area contributed by atoms with E-state index in [1.54, 1.807) is 0 Å². The molecule has 118 valence electrons. The Labute approximate surface area is 143 Å². The van der Waals surface area contributed by atoms with Crippen molar-refractivity contribution in [2.45, 2.75) is 19.8 Å².